The van der Waals surface area contributed by atoms with Crippen LogP contribution in [-0.2, 0) is 15.0 Å². The van der Waals surface area contributed by atoms with Crippen LogP contribution in [0.25, 0.3) is 0 Å². The van der Waals surface area contributed by atoms with Crippen LogP contribution in [0, 0.1) is 11.2 Å². The molecule has 5 N–H and O–H groups in total. The Balaban J connectivity index is 1.88. The molecule has 0 radical (unpaired) electrons. The first-order chi connectivity index (χ1) is 17.7. The monoisotopic (exact) mass is 565 g/mol. The Bertz CT molecular complexity index is 1250. The number of benzene rings is 2. The zero-order valence-corrected chi connectivity index (χ0v) is 23.4. The maximum Gasteiger partial charge on any atom is 0.237 e. The average molecular weight is 567 g/mol. The Morgan fingerprint density at radius 1 is 1.18 bits per heavy atom. The van der Waals surface area contributed by atoms with Gasteiger partial charge in [0.1, 0.15) is 11.2 Å². The van der Waals surface area contributed by atoms with Crippen LogP contribution in [0.2, 0.25) is 10.0 Å². The number of hydrogen-bond acceptors (Lipinski definition) is 5. The summed E-state index contributed by atoms with van der Waals surface area (Å²) in [7, 11) is 0. The predicted octanol–water partition coefficient (Wildman–Crippen LogP) is 4.13. The number of aliphatic hydroxyl groups excluding tert-OH is 1. The van der Waals surface area contributed by atoms with E-state index in [9.17, 15) is 19.8 Å². The lowest BCUT2D eigenvalue weighted by atomic mass is 9.62. The molecule has 0 bridgehead atoms. The summed E-state index contributed by atoms with van der Waals surface area (Å²) < 4.78 is 15.7. The second kappa shape index (κ2) is 10.4. The number of carbonyl (C=O) groups is 2. The number of halogens is 3. The molecule has 2 aliphatic rings. The standard InChI is InChI=1S/C28H34Cl2FN3O4/c1-26(2,3)13-20-28(17-9-8-15(29)12-19(17)33-25(28)37)21(16-6-5-7-18(30)22(16)31)23(34-20)24(36)32-11-10-27(4,38)14-35/h5-9,12,20-21,23,34-35,38H,10-11,13-14H2,1-4H3,(H,32,36)(H,33,37). The van der Waals surface area contributed by atoms with Crippen LogP contribution in [-0.4, -0.2) is 52.9 Å². The van der Waals surface area contributed by atoms with E-state index in [1.807, 2.05) is 20.8 Å². The van der Waals surface area contributed by atoms with Gasteiger partial charge in [0.15, 0.2) is 0 Å². The maximum atomic E-state index is 15.7. The number of rotatable bonds is 7. The maximum absolute atomic E-state index is 15.7. The number of hydrogen-bond donors (Lipinski definition) is 5. The van der Waals surface area contributed by atoms with Crippen molar-refractivity contribution in [3.63, 3.8) is 0 Å². The molecule has 2 aromatic carbocycles. The SMILES string of the molecule is CC(C)(C)CC1NC(C(=O)NCCC(C)(O)CO)C(c2cccc(Cl)c2F)C12C(=O)Nc1cc(Cl)ccc12. The number of anilines is 1. The van der Waals surface area contributed by atoms with E-state index < -0.39 is 47.3 Å². The van der Waals surface area contributed by atoms with Gasteiger partial charge in [-0.2, -0.15) is 0 Å². The van der Waals surface area contributed by atoms with Gasteiger partial charge < -0.3 is 26.2 Å². The summed E-state index contributed by atoms with van der Waals surface area (Å²) in [5, 5.41) is 29.0. The van der Waals surface area contributed by atoms with Crippen molar-refractivity contribution in [1.82, 2.24) is 10.6 Å². The lowest BCUT2D eigenvalue weighted by molar-refractivity contribution is -0.124. The summed E-state index contributed by atoms with van der Waals surface area (Å²) >= 11 is 12.4. The van der Waals surface area contributed by atoms with Crippen molar-refractivity contribution in [1.29, 1.82) is 0 Å². The minimum atomic E-state index is -1.37. The highest BCUT2D eigenvalue weighted by atomic mass is 35.5. The topological polar surface area (TPSA) is 111 Å². The van der Waals surface area contributed by atoms with Crippen molar-refractivity contribution in [3.8, 4) is 0 Å². The molecule has 7 nitrogen and oxygen atoms in total. The van der Waals surface area contributed by atoms with E-state index in [4.69, 9.17) is 23.2 Å². The van der Waals surface area contributed by atoms with Crippen molar-refractivity contribution in [2.45, 2.75) is 69.6 Å². The van der Waals surface area contributed by atoms with Crippen molar-refractivity contribution in [3.05, 3.63) is 63.4 Å². The number of aliphatic hydroxyl groups is 2. The van der Waals surface area contributed by atoms with Crippen molar-refractivity contribution in [2.75, 3.05) is 18.5 Å². The molecule has 4 rings (SSSR count). The quantitative estimate of drug-likeness (QED) is 0.346. The second-order valence-corrected chi connectivity index (χ2v) is 12.6. The van der Waals surface area contributed by atoms with E-state index in [0.717, 1.165) is 0 Å². The van der Waals surface area contributed by atoms with Crippen LogP contribution >= 0.6 is 23.2 Å². The molecular formula is C28H34Cl2FN3O4. The molecular weight excluding hydrogens is 532 g/mol. The first-order valence-corrected chi connectivity index (χ1v) is 13.4. The minimum Gasteiger partial charge on any atom is -0.393 e. The summed E-state index contributed by atoms with van der Waals surface area (Å²) in [6.07, 6.45) is 0.612. The van der Waals surface area contributed by atoms with Crippen LogP contribution in [0.1, 0.15) is 57.6 Å². The molecule has 0 aliphatic carbocycles. The summed E-state index contributed by atoms with van der Waals surface area (Å²) in [5.74, 6) is -2.43. The number of nitrogens with one attached hydrogen (secondary N) is 3. The van der Waals surface area contributed by atoms with Crippen molar-refractivity contribution < 1.29 is 24.2 Å². The lowest BCUT2D eigenvalue weighted by Crippen LogP contribution is -2.49. The van der Waals surface area contributed by atoms with Crippen molar-refractivity contribution in [2.24, 2.45) is 5.41 Å². The fraction of sp³-hybridized carbons (Fsp3) is 0.500. The van der Waals surface area contributed by atoms with Crippen LogP contribution in [0.4, 0.5) is 10.1 Å². The van der Waals surface area contributed by atoms with Gasteiger partial charge >= 0.3 is 0 Å². The van der Waals surface area contributed by atoms with Crippen LogP contribution < -0.4 is 16.0 Å². The van der Waals surface area contributed by atoms with E-state index in [-0.39, 0.29) is 34.9 Å². The van der Waals surface area contributed by atoms with Gasteiger partial charge in [-0.1, -0.05) is 62.2 Å². The summed E-state index contributed by atoms with van der Waals surface area (Å²) in [4.78, 5) is 27.8. The van der Waals surface area contributed by atoms with Gasteiger partial charge in [-0.05, 0) is 54.5 Å². The third kappa shape index (κ3) is 5.17. The molecule has 1 fully saturated rings. The largest absolute Gasteiger partial charge is 0.393 e. The van der Waals surface area contributed by atoms with Gasteiger partial charge in [0, 0.05) is 29.2 Å². The summed E-state index contributed by atoms with van der Waals surface area (Å²) in [6.45, 7) is 7.20. The van der Waals surface area contributed by atoms with E-state index in [2.05, 4.69) is 16.0 Å². The van der Waals surface area contributed by atoms with Gasteiger partial charge in [0.2, 0.25) is 11.8 Å². The lowest BCUT2D eigenvalue weighted by Gasteiger charge is -2.37. The fourth-order valence-corrected chi connectivity index (χ4v) is 6.15. The van der Waals surface area contributed by atoms with Gasteiger partial charge in [-0.15, -0.1) is 0 Å². The number of fused-ring (bicyclic) bond motifs is 2. The Morgan fingerprint density at radius 2 is 1.89 bits per heavy atom. The molecule has 0 saturated carbocycles. The molecule has 0 aromatic heterocycles. The highest BCUT2D eigenvalue weighted by molar-refractivity contribution is 6.31. The summed E-state index contributed by atoms with van der Waals surface area (Å²) in [5.41, 5.74) is -1.64. The van der Waals surface area contributed by atoms with E-state index >= 15 is 4.39 Å². The van der Waals surface area contributed by atoms with Crippen molar-refractivity contribution >= 4 is 40.7 Å². The van der Waals surface area contributed by atoms with Gasteiger partial charge in [0.25, 0.3) is 0 Å². The summed E-state index contributed by atoms with van der Waals surface area (Å²) in [6, 6.07) is 8.17. The molecule has 1 spiro atoms. The van der Waals surface area contributed by atoms with E-state index in [1.165, 1.54) is 13.0 Å². The highest BCUT2D eigenvalue weighted by Crippen LogP contribution is 2.57. The molecule has 2 heterocycles. The third-order valence-electron chi connectivity index (χ3n) is 7.52. The average Bonchev–Trinajstić information content (AvgIpc) is 3.29. The van der Waals surface area contributed by atoms with Crippen LogP contribution in [0.5, 0.6) is 0 Å². The minimum absolute atomic E-state index is 0.0741. The van der Waals surface area contributed by atoms with Crippen LogP contribution in [0.3, 0.4) is 0 Å². The zero-order chi connectivity index (χ0) is 28.0. The molecule has 2 aliphatic heterocycles. The number of amides is 2. The number of carbonyl (C=O) groups excluding carboxylic acids is 2. The first kappa shape index (κ1) is 28.8. The molecule has 5 unspecified atom stereocenters. The van der Waals surface area contributed by atoms with E-state index in [1.54, 1.807) is 30.3 Å². The van der Waals surface area contributed by atoms with Gasteiger partial charge in [-0.3, -0.25) is 9.59 Å². The Morgan fingerprint density at radius 3 is 2.55 bits per heavy atom. The molecule has 10 heteroatoms. The van der Waals surface area contributed by atoms with Gasteiger partial charge in [-0.25, -0.2) is 4.39 Å². The smallest absolute Gasteiger partial charge is 0.237 e. The third-order valence-corrected chi connectivity index (χ3v) is 8.05. The first-order valence-electron chi connectivity index (χ1n) is 12.6. The molecule has 2 amide bonds. The van der Waals surface area contributed by atoms with Crippen LogP contribution in [0.15, 0.2) is 36.4 Å². The second-order valence-electron chi connectivity index (χ2n) is 11.8. The Kier molecular flexibility index (Phi) is 7.87. The Labute approximate surface area is 232 Å². The molecule has 1 saturated heterocycles. The predicted molar refractivity (Wildman–Crippen MR) is 146 cm³/mol. The fourth-order valence-electron chi connectivity index (χ4n) is 5.80. The Hall–Kier alpha value is -2.23. The normalized spacial score (nSPS) is 26.2. The molecule has 38 heavy (non-hydrogen) atoms. The molecule has 5 atom stereocenters. The highest BCUT2D eigenvalue weighted by Gasteiger charge is 2.66. The van der Waals surface area contributed by atoms with E-state index in [0.29, 0.717) is 22.7 Å². The van der Waals surface area contributed by atoms with Gasteiger partial charge in [0.05, 0.1) is 23.3 Å². The zero-order valence-electron chi connectivity index (χ0n) is 21.9. The molecule has 206 valence electrons. The molecule has 2 aromatic rings.